The molecule has 0 aliphatic carbocycles. The van der Waals surface area contributed by atoms with Crippen LogP contribution in [0.1, 0.15) is 29.6 Å². The third-order valence-corrected chi connectivity index (χ3v) is 6.27. The Morgan fingerprint density at radius 3 is 2.52 bits per heavy atom. The van der Waals surface area contributed by atoms with Crippen LogP contribution in [0.3, 0.4) is 0 Å². The zero-order valence-electron chi connectivity index (χ0n) is 18.6. The fourth-order valence-corrected chi connectivity index (χ4v) is 4.42. The number of carbonyl (C=O) groups is 3. The average molecular weight is 472 g/mol. The quantitative estimate of drug-likeness (QED) is 0.695. The number of hydrogen-bond donors (Lipinski definition) is 1. The highest BCUT2D eigenvalue weighted by Crippen LogP contribution is 2.36. The van der Waals surface area contributed by atoms with Crippen molar-refractivity contribution in [1.82, 2.24) is 4.90 Å². The van der Waals surface area contributed by atoms with Gasteiger partial charge < -0.3 is 24.6 Å². The number of likely N-dealkylation sites (tertiary alicyclic amines) is 1. The van der Waals surface area contributed by atoms with Gasteiger partial charge in [-0.05, 0) is 43.2 Å². The lowest BCUT2D eigenvalue weighted by molar-refractivity contribution is -0.122. The van der Waals surface area contributed by atoms with Gasteiger partial charge in [0, 0.05) is 37.1 Å². The number of carbonyl (C=O) groups excluding carboxylic acids is 3. The molecule has 2 aliphatic rings. The maximum atomic E-state index is 13.1. The van der Waals surface area contributed by atoms with Crippen LogP contribution in [0.15, 0.2) is 36.4 Å². The van der Waals surface area contributed by atoms with Gasteiger partial charge in [-0.2, -0.15) is 0 Å². The van der Waals surface area contributed by atoms with Crippen molar-refractivity contribution in [2.24, 2.45) is 5.92 Å². The van der Waals surface area contributed by atoms with Gasteiger partial charge in [0.2, 0.25) is 11.8 Å². The van der Waals surface area contributed by atoms with Gasteiger partial charge in [-0.3, -0.25) is 14.4 Å². The predicted molar refractivity (Wildman–Crippen MR) is 125 cm³/mol. The number of rotatable bonds is 6. The van der Waals surface area contributed by atoms with Crippen LogP contribution in [0.25, 0.3) is 0 Å². The molecule has 0 radical (unpaired) electrons. The van der Waals surface area contributed by atoms with Crippen LogP contribution in [0, 0.1) is 5.92 Å². The first-order chi connectivity index (χ1) is 15.9. The number of amides is 3. The summed E-state index contributed by atoms with van der Waals surface area (Å²) in [6.45, 7) is 1.58. The van der Waals surface area contributed by atoms with Gasteiger partial charge in [0.1, 0.15) is 11.5 Å². The Morgan fingerprint density at radius 2 is 1.82 bits per heavy atom. The molecule has 1 atom stereocenters. The average Bonchev–Trinajstić information content (AvgIpc) is 3.49. The highest BCUT2D eigenvalue weighted by Gasteiger charge is 2.37. The summed E-state index contributed by atoms with van der Waals surface area (Å²) in [6.07, 6.45) is 1.98. The molecule has 3 amide bonds. The molecule has 2 aromatic carbocycles. The minimum Gasteiger partial charge on any atom is -0.497 e. The lowest BCUT2D eigenvalue weighted by Crippen LogP contribution is -2.31. The third kappa shape index (κ3) is 4.75. The first-order valence-electron chi connectivity index (χ1n) is 10.8. The van der Waals surface area contributed by atoms with Crippen molar-refractivity contribution in [3.8, 4) is 11.5 Å². The minimum absolute atomic E-state index is 0.0595. The topological polar surface area (TPSA) is 88.2 Å². The van der Waals surface area contributed by atoms with Gasteiger partial charge in [0.05, 0.1) is 37.1 Å². The van der Waals surface area contributed by atoms with E-state index in [0.717, 1.165) is 12.8 Å². The Balaban J connectivity index is 1.51. The molecule has 9 heteroatoms. The SMILES string of the molecule is COc1ccc(N2CC(C(=O)Nc3ccc(Cl)cc3C(=O)N3CCCC3)CC2=O)c(OC)c1. The van der Waals surface area contributed by atoms with Crippen molar-refractivity contribution in [2.75, 3.05) is 44.1 Å². The largest absolute Gasteiger partial charge is 0.497 e. The first kappa shape index (κ1) is 22.9. The molecule has 2 fully saturated rings. The number of nitrogens with one attached hydrogen (secondary N) is 1. The van der Waals surface area contributed by atoms with Crippen LogP contribution in [0.4, 0.5) is 11.4 Å². The van der Waals surface area contributed by atoms with Gasteiger partial charge in [0.15, 0.2) is 0 Å². The van der Waals surface area contributed by atoms with E-state index >= 15 is 0 Å². The van der Waals surface area contributed by atoms with Crippen molar-refractivity contribution >= 4 is 40.7 Å². The van der Waals surface area contributed by atoms with E-state index < -0.39 is 5.92 Å². The monoisotopic (exact) mass is 471 g/mol. The second-order valence-corrected chi connectivity index (χ2v) is 8.56. The van der Waals surface area contributed by atoms with Gasteiger partial charge in [-0.1, -0.05) is 11.6 Å². The summed E-state index contributed by atoms with van der Waals surface area (Å²) in [5.41, 5.74) is 1.33. The Hall–Kier alpha value is -3.26. The summed E-state index contributed by atoms with van der Waals surface area (Å²) in [5, 5.41) is 3.27. The minimum atomic E-state index is -0.574. The van der Waals surface area contributed by atoms with Crippen molar-refractivity contribution in [3.63, 3.8) is 0 Å². The van der Waals surface area contributed by atoms with Crippen LogP contribution in [0.5, 0.6) is 11.5 Å². The predicted octanol–water partition coefficient (Wildman–Crippen LogP) is 3.58. The molecule has 8 nitrogen and oxygen atoms in total. The zero-order chi connectivity index (χ0) is 23.5. The van der Waals surface area contributed by atoms with Crippen LogP contribution < -0.4 is 19.7 Å². The molecule has 0 spiro atoms. The molecular formula is C24H26ClN3O5. The van der Waals surface area contributed by atoms with E-state index in [-0.39, 0.29) is 30.7 Å². The normalized spacial score (nSPS) is 17.9. The number of ether oxygens (including phenoxy) is 2. The molecule has 1 N–H and O–H groups in total. The summed E-state index contributed by atoms with van der Waals surface area (Å²) in [4.78, 5) is 42.1. The van der Waals surface area contributed by atoms with Gasteiger partial charge in [-0.25, -0.2) is 0 Å². The summed E-state index contributed by atoms with van der Waals surface area (Å²) in [7, 11) is 3.07. The van der Waals surface area contributed by atoms with Gasteiger partial charge >= 0.3 is 0 Å². The van der Waals surface area contributed by atoms with E-state index in [1.54, 1.807) is 53.3 Å². The number of benzene rings is 2. The second kappa shape index (κ2) is 9.70. The number of methoxy groups -OCH3 is 2. The van der Waals surface area contributed by atoms with E-state index in [2.05, 4.69) is 5.32 Å². The molecule has 174 valence electrons. The molecule has 1 unspecified atom stereocenters. The first-order valence-corrected chi connectivity index (χ1v) is 11.2. The van der Waals surface area contributed by atoms with Crippen molar-refractivity contribution < 1.29 is 23.9 Å². The van der Waals surface area contributed by atoms with Crippen LogP contribution in [-0.2, 0) is 9.59 Å². The number of anilines is 2. The number of halogens is 1. The Labute approximate surface area is 197 Å². The number of hydrogen-bond acceptors (Lipinski definition) is 5. The number of nitrogens with zero attached hydrogens (tertiary/aromatic N) is 2. The van der Waals surface area contributed by atoms with Crippen LogP contribution >= 0.6 is 11.6 Å². The Morgan fingerprint density at radius 1 is 1.06 bits per heavy atom. The van der Waals surface area contributed by atoms with E-state index in [9.17, 15) is 14.4 Å². The van der Waals surface area contributed by atoms with Crippen LogP contribution in [-0.4, -0.2) is 56.5 Å². The van der Waals surface area contributed by atoms with Crippen molar-refractivity contribution in [2.45, 2.75) is 19.3 Å². The fraction of sp³-hybridized carbons (Fsp3) is 0.375. The summed E-state index contributed by atoms with van der Waals surface area (Å²) >= 11 is 6.13. The van der Waals surface area contributed by atoms with Crippen LogP contribution in [0.2, 0.25) is 5.02 Å². The molecule has 33 heavy (non-hydrogen) atoms. The summed E-state index contributed by atoms with van der Waals surface area (Å²) < 4.78 is 10.6. The highest BCUT2D eigenvalue weighted by molar-refractivity contribution is 6.31. The summed E-state index contributed by atoms with van der Waals surface area (Å²) in [5.74, 6) is -0.138. The molecule has 2 heterocycles. The van der Waals surface area contributed by atoms with Gasteiger partial charge in [0.25, 0.3) is 5.91 Å². The lowest BCUT2D eigenvalue weighted by Gasteiger charge is -2.21. The highest BCUT2D eigenvalue weighted by atomic mass is 35.5. The lowest BCUT2D eigenvalue weighted by atomic mass is 10.1. The van der Waals surface area contributed by atoms with E-state index in [4.69, 9.17) is 21.1 Å². The van der Waals surface area contributed by atoms with E-state index in [1.807, 2.05) is 0 Å². The van der Waals surface area contributed by atoms with Crippen molar-refractivity contribution in [1.29, 1.82) is 0 Å². The molecular weight excluding hydrogens is 446 g/mol. The molecule has 0 aromatic heterocycles. The van der Waals surface area contributed by atoms with Gasteiger partial charge in [-0.15, -0.1) is 0 Å². The molecule has 4 rings (SSSR count). The Kier molecular flexibility index (Phi) is 6.74. The Bertz CT molecular complexity index is 1080. The van der Waals surface area contributed by atoms with E-state index in [1.165, 1.54) is 7.11 Å². The molecule has 2 saturated heterocycles. The molecule has 2 aliphatic heterocycles. The maximum Gasteiger partial charge on any atom is 0.256 e. The molecule has 0 bridgehead atoms. The third-order valence-electron chi connectivity index (χ3n) is 6.04. The van der Waals surface area contributed by atoms with E-state index in [0.29, 0.717) is 46.5 Å². The summed E-state index contributed by atoms with van der Waals surface area (Å²) in [6, 6.07) is 10.0. The smallest absolute Gasteiger partial charge is 0.256 e. The molecule has 0 saturated carbocycles. The second-order valence-electron chi connectivity index (χ2n) is 8.12. The zero-order valence-corrected chi connectivity index (χ0v) is 19.4. The fourth-order valence-electron chi connectivity index (χ4n) is 4.25. The maximum absolute atomic E-state index is 13.1. The molecule has 2 aromatic rings. The standard InChI is InChI=1S/C24H26ClN3O5/c1-32-17-6-8-20(21(13-17)33-2)28-14-15(11-22(28)29)23(30)26-19-7-5-16(25)12-18(19)24(31)27-9-3-4-10-27/h5-8,12-13,15H,3-4,9-11,14H2,1-2H3,(H,26,30). The van der Waals surface area contributed by atoms with Crippen molar-refractivity contribution in [3.05, 3.63) is 47.0 Å².